The highest BCUT2D eigenvalue weighted by Crippen LogP contribution is 2.25. The Bertz CT molecular complexity index is 950. The second-order valence-electron chi connectivity index (χ2n) is 5.90. The van der Waals surface area contributed by atoms with Gasteiger partial charge in [0.2, 0.25) is 0 Å². The zero-order valence-corrected chi connectivity index (χ0v) is 14.8. The summed E-state index contributed by atoms with van der Waals surface area (Å²) in [5.41, 5.74) is 2.14. The van der Waals surface area contributed by atoms with Gasteiger partial charge < -0.3 is 20.3 Å². The zero-order valence-electron chi connectivity index (χ0n) is 14.1. The van der Waals surface area contributed by atoms with E-state index in [0.717, 1.165) is 10.9 Å². The van der Waals surface area contributed by atoms with Crippen LogP contribution in [0.25, 0.3) is 10.9 Å². The molecule has 3 aromatic rings. The van der Waals surface area contributed by atoms with Crippen LogP contribution in [0.4, 0.5) is 5.69 Å². The Hall–Kier alpha value is -2.83. The molecule has 0 saturated carbocycles. The Morgan fingerprint density at radius 3 is 2.54 bits per heavy atom. The van der Waals surface area contributed by atoms with Crippen molar-refractivity contribution in [1.29, 1.82) is 0 Å². The fourth-order valence-electron chi connectivity index (χ4n) is 2.74. The van der Waals surface area contributed by atoms with Gasteiger partial charge in [-0.25, -0.2) is 0 Å². The second kappa shape index (κ2) is 7.59. The van der Waals surface area contributed by atoms with E-state index in [9.17, 15) is 14.7 Å². The number of aryl methyl sites for hydroxylation is 1. The molecule has 2 amide bonds. The third-order valence-electron chi connectivity index (χ3n) is 4.05. The Morgan fingerprint density at radius 2 is 1.81 bits per heavy atom. The smallest absolute Gasteiger partial charge is 0.313 e. The normalized spacial score (nSPS) is 12.0. The third-order valence-corrected chi connectivity index (χ3v) is 4.30. The van der Waals surface area contributed by atoms with Gasteiger partial charge in [-0.1, -0.05) is 29.8 Å². The van der Waals surface area contributed by atoms with Gasteiger partial charge in [-0.3, -0.25) is 9.59 Å². The molecule has 0 bridgehead atoms. The molecule has 3 rings (SSSR count). The number of para-hydroxylation sites is 1. The number of amides is 2. The first kappa shape index (κ1) is 18.0. The first-order chi connectivity index (χ1) is 12.5. The lowest BCUT2D eigenvalue weighted by molar-refractivity contribution is -0.136. The van der Waals surface area contributed by atoms with Gasteiger partial charge in [0, 0.05) is 47.0 Å². The van der Waals surface area contributed by atoms with E-state index in [-0.39, 0.29) is 6.54 Å². The van der Waals surface area contributed by atoms with E-state index in [1.165, 1.54) is 0 Å². The Kier molecular flexibility index (Phi) is 5.25. The van der Waals surface area contributed by atoms with E-state index in [2.05, 4.69) is 10.6 Å². The first-order valence-electron chi connectivity index (χ1n) is 8.02. The van der Waals surface area contributed by atoms with E-state index in [1.807, 2.05) is 42.1 Å². The van der Waals surface area contributed by atoms with Gasteiger partial charge in [-0.05, 0) is 30.3 Å². The summed E-state index contributed by atoms with van der Waals surface area (Å²) < 4.78 is 1.91. The van der Waals surface area contributed by atoms with E-state index >= 15 is 0 Å². The molecule has 0 saturated heterocycles. The topological polar surface area (TPSA) is 83.4 Å². The number of aromatic nitrogens is 1. The predicted octanol–water partition coefficient (Wildman–Crippen LogP) is 2.62. The standard InChI is InChI=1S/C19H18ClN3O3/c1-23-11-15(14-4-2-3-5-16(14)23)17(24)10-21-18(25)19(26)22-13-8-6-12(20)7-9-13/h2-9,11,17,24H,10H2,1H3,(H,21,25)(H,22,26). The van der Waals surface area contributed by atoms with Crippen LogP contribution >= 0.6 is 11.6 Å². The summed E-state index contributed by atoms with van der Waals surface area (Å²) in [6.45, 7) is -0.0686. The number of aliphatic hydroxyl groups excluding tert-OH is 1. The molecule has 2 aromatic carbocycles. The molecular weight excluding hydrogens is 354 g/mol. The van der Waals surface area contributed by atoms with Crippen molar-refractivity contribution in [2.24, 2.45) is 7.05 Å². The molecule has 0 aliphatic carbocycles. The van der Waals surface area contributed by atoms with Crippen LogP contribution in [-0.4, -0.2) is 28.0 Å². The number of nitrogens with one attached hydrogen (secondary N) is 2. The molecule has 134 valence electrons. The number of benzene rings is 2. The largest absolute Gasteiger partial charge is 0.386 e. The fraction of sp³-hybridized carbons (Fsp3) is 0.158. The van der Waals surface area contributed by atoms with Crippen LogP contribution in [0.1, 0.15) is 11.7 Å². The van der Waals surface area contributed by atoms with Crippen molar-refractivity contribution < 1.29 is 14.7 Å². The summed E-state index contributed by atoms with van der Waals surface area (Å²) in [4.78, 5) is 23.9. The Balaban J connectivity index is 1.61. The number of hydrogen-bond donors (Lipinski definition) is 3. The first-order valence-corrected chi connectivity index (χ1v) is 8.40. The third kappa shape index (κ3) is 3.87. The van der Waals surface area contributed by atoms with Gasteiger partial charge in [-0.2, -0.15) is 0 Å². The van der Waals surface area contributed by atoms with Gasteiger partial charge >= 0.3 is 11.8 Å². The van der Waals surface area contributed by atoms with Crippen LogP contribution in [0.3, 0.4) is 0 Å². The lowest BCUT2D eigenvalue weighted by atomic mass is 10.1. The van der Waals surface area contributed by atoms with Crippen molar-refractivity contribution in [3.63, 3.8) is 0 Å². The minimum atomic E-state index is -0.923. The molecule has 3 N–H and O–H groups in total. The number of nitrogens with zero attached hydrogens (tertiary/aromatic N) is 1. The van der Waals surface area contributed by atoms with Crippen LogP contribution < -0.4 is 10.6 Å². The maximum atomic E-state index is 12.0. The molecule has 6 nitrogen and oxygen atoms in total. The van der Waals surface area contributed by atoms with E-state index < -0.39 is 17.9 Å². The van der Waals surface area contributed by atoms with Crippen molar-refractivity contribution in [3.05, 3.63) is 65.3 Å². The molecule has 0 spiro atoms. The number of rotatable bonds is 4. The van der Waals surface area contributed by atoms with Crippen molar-refractivity contribution in [2.45, 2.75) is 6.10 Å². The lowest BCUT2D eigenvalue weighted by Crippen LogP contribution is -2.37. The number of carbonyl (C=O) groups is 2. The maximum Gasteiger partial charge on any atom is 0.313 e. The van der Waals surface area contributed by atoms with Gasteiger partial charge in [0.1, 0.15) is 0 Å². The van der Waals surface area contributed by atoms with Crippen LogP contribution in [-0.2, 0) is 16.6 Å². The highest BCUT2D eigenvalue weighted by Gasteiger charge is 2.18. The van der Waals surface area contributed by atoms with Crippen molar-refractivity contribution in [2.75, 3.05) is 11.9 Å². The van der Waals surface area contributed by atoms with E-state index in [0.29, 0.717) is 16.3 Å². The van der Waals surface area contributed by atoms with Crippen LogP contribution in [0.15, 0.2) is 54.7 Å². The fourth-order valence-corrected chi connectivity index (χ4v) is 2.87. The average molecular weight is 372 g/mol. The summed E-state index contributed by atoms with van der Waals surface area (Å²) in [5, 5.41) is 16.8. The summed E-state index contributed by atoms with van der Waals surface area (Å²) in [7, 11) is 1.89. The van der Waals surface area contributed by atoms with Gasteiger partial charge in [0.15, 0.2) is 0 Å². The number of carbonyl (C=O) groups excluding carboxylic acids is 2. The molecule has 0 radical (unpaired) electrons. The zero-order chi connectivity index (χ0) is 18.7. The highest BCUT2D eigenvalue weighted by molar-refractivity contribution is 6.39. The summed E-state index contributed by atoms with van der Waals surface area (Å²) in [6, 6.07) is 14.1. The average Bonchev–Trinajstić information content (AvgIpc) is 2.98. The van der Waals surface area contributed by atoms with Crippen molar-refractivity contribution in [3.8, 4) is 0 Å². The lowest BCUT2D eigenvalue weighted by Gasteiger charge is -2.11. The summed E-state index contributed by atoms with van der Waals surface area (Å²) in [6.07, 6.45) is 0.892. The molecule has 0 fully saturated rings. The Labute approximate surface area is 155 Å². The van der Waals surface area contributed by atoms with E-state index in [4.69, 9.17) is 11.6 Å². The number of halogens is 1. The molecule has 1 heterocycles. The minimum absolute atomic E-state index is 0.0686. The molecule has 0 aliphatic heterocycles. The number of aliphatic hydroxyl groups is 1. The van der Waals surface area contributed by atoms with Gasteiger partial charge in [-0.15, -0.1) is 0 Å². The van der Waals surface area contributed by atoms with Crippen LogP contribution in [0, 0.1) is 0 Å². The molecular formula is C19H18ClN3O3. The molecule has 1 aromatic heterocycles. The second-order valence-corrected chi connectivity index (χ2v) is 6.34. The molecule has 0 aliphatic rings. The van der Waals surface area contributed by atoms with E-state index in [1.54, 1.807) is 24.3 Å². The monoisotopic (exact) mass is 371 g/mol. The quantitative estimate of drug-likeness (QED) is 0.616. The highest BCUT2D eigenvalue weighted by atomic mass is 35.5. The predicted molar refractivity (Wildman–Crippen MR) is 101 cm³/mol. The van der Waals surface area contributed by atoms with Crippen LogP contribution in [0.5, 0.6) is 0 Å². The molecule has 26 heavy (non-hydrogen) atoms. The number of hydrogen-bond acceptors (Lipinski definition) is 3. The maximum absolute atomic E-state index is 12.0. The Morgan fingerprint density at radius 1 is 1.12 bits per heavy atom. The SMILES string of the molecule is Cn1cc(C(O)CNC(=O)C(=O)Nc2ccc(Cl)cc2)c2ccccc21. The van der Waals surface area contributed by atoms with Crippen molar-refractivity contribution >= 4 is 40.0 Å². The molecule has 7 heteroatoms. The number of anilines is 1. The molecule has 1 atom stereocenters. The minimum Gasteiger partial charge on any atom is -0.386 e. The van der Waals surface area contributed by atoms with Gasteiger partial charge in [0.05, 0.1) is 6.10 Å². The van der Waals surface area contributed by atoms with Crippen LogP contribution in [0.2, 0.25) is 5.02 Å². The summed E-state index contributed by atoms with van der Waals surface area (Å²) >= 11 is 5.78. The number of fused-ring (bicyclic) bond motifs is 1. The molecule has 1 unspecified atom stereocenters. The van der Waals surface area contributed by atoms with Crippen molar-refractivity contribution in [1.82, 2.24) is 9.88 Å². The van der Waals surface area contributed by atoms with Gasteiger partial charge in [0.25, 0.3) is 0 Å². The summed E-state index contributed by atoms with van der Waals surface area (Å²) in [5.74, 6) is -1.63.